The third kappa shape index (κ3) is 2.89. The van der Waals surface area contributed by atoms with E-state index >= 15 is 0 Å². The molecule has 4 rings (SSSR count). The molecule has 5 heteroatoms. The topological polar surface area (TPSA) is 58.5 Å². The molecule has 4 unspecified atom stereocenters. The molecule has 1 aliphatic carbocycles. The van der Waals surface area contributed by atoms with Gasteiger partial charge in [-0.3, -0.25) is 0 Å². The molecule has 5 nitrogen and oxygen atoms in total. The number of aryl methyl sites for hydroxylation is 2. The van der Waals surface area contributed by atoms with Crippen LogP contribution < -0.4 is 4.74 Å². The Morgan fingerprint density at radius 2 is 2.00 bits per heavy atom. The Balaban J connectivity index is 1.62. The van der Waals surface area contributed by atoms with Crippen LogP contribution in [0.5, 0.6) is 5.75 Å². The Labute approximate surface area is 155 Å². The minimum atomic E-state index is -0.548. The summed E-state index contributed by atoms with van der Waals surface area (Å²) in [4.78, 5) is 2.38. The van der Waals surface area contributed by atoms with Crippen LogP contribution in [0.2, 0.25) is 0 Å². The monoisotopic (exact) mass is 353 g/mol. The number of aliphatic hydroxyl groups excluding tert-OH is 1. The molecule has 0 spiro atoms. The second kappa shape index (κ2) is 6.63. The number of benzene rings is 1. The van der Waals surface area contributed by atoms with E-state index in [1.165, 1.54) is 6.42 Å². The highest BCUT2D eigenvalue weighted by Gasteiger charge is 2.46. The smallest absolute Gasteiger partial charge is 0.128 e. The van der Waals surface area contributed by atoms with Crippen molar-refractivity contribution in [2.24, 2.45) is 11.8 Å². The quantitative estimate of drug-likeness (QED) is 0.915. The maximum atomic E-state index is 10.9. The van der Waals surface area contributed by atoms with Crippen molar-refractivity contribution in [1.82, 2.24) is 15.1 Å². The van der Waals surface area contributed by atoms with Crippen LogP contribution in [0, 0.1) is 25.7 Å². The van der Waals surface area contributed by atoms with E-state index in [1.54, 1.807) is 7.11 Å². The van der Waals surface area contributed by atoms with Crippen LogP contribution in [0.1, 0.15) is 35.8 Å². The van der Waals surface area contributed by atoms with Gasteiger partial charge in [-0.1, -0.05) is 6.07 Å². The number of hydrogen-bond acceptors (Lipinski definition) is 5. The van der Waals surface area contributed by atoms with Crippen LogP contribution in [-0.2, 0) is 0 Å². The number of aliphatic hydroxyl groups is 1. The maximum Gasteiger partial charge on any atom is 0.128 e. The summed E-state index contributed by atoms with van der Waals surface area (Å²) >= 11 is 0. The second-order valence-electron chi connectivity index (χ2n) is 7.96. The van der Waals surface area contributed by atoms with Gasteiger partial charge in [0.1, 0.15) is 11.9 Å². The molecule has 1 aliphatic heterocycles. The van der Waals surface area contributed by atoms with Gasteiger partial charge in [0.05, 0.1) is 18.5 Å². The zero-order valence-electron chi connectivity index (χ0n) is 15.9. The summed E-state index contributed by atoms with van der Waals surface area (Å²) in [5, 5.41) is 19.8. The number of likely N-dealkylation sites (tertiary alicyclic amines) is 1. The van der Waals surface area contributed by atoms with Crippen molar-refractivity contribution >= 4 is 0 Å². The number of hydrogen-bond donors (Lipinski definition) is 1. The Hall–Kier alpha value is -1.98. The molecule has 1 saturated carbocycles. The van der Waals surface area contributed by atoms with Gasteiger partial charge in [-0.15, -0.1) is 5.10 Å². The lowest BCUT2D eigenvalue weighted by atomic mass is 9.90. The van der Waals surface area contributed by atoms with Gasteiger partial charge in [-0.25, -0.2) is 0 Å². The zero-order valence-corrected chi connectivity index (χ0v) is 15.9. The predicted octanol–water partition coefficient (Wildman–Crippen LogP) is 3.14. The van der Waals surface area contributed by atoms with Crippen LogP contribution in [0.25, 0.3) is 11.3 Å². The highest BCUT2D eigenvalue weighted by Crippen LogP contribution is 2.46. The number of rotatable bonds is 4. The van der Waals surface area contributed by atoms with E-state index in [4.69, 9.17) is 4.74 Å². The third-order valence-electron chi connectivity index (χ3n) is 6.11. The highest BCUT2D eigenvalue weighted by atomic mass is 16.5. The first-order valence-corrected chi connectivity index (χ1v) is 9.35. The average Bonchev–Trinajstić information content (AvgIpc) is 3.20. The summed E-state index contributed by atoms with van der Waals surface area (Å²) in [5.74, 6) is 1.77. The molecule has 0 radical (unpaired) electrons. The van der Waals surface area contributed by atoms with Crippen LogP contribution in [0.15, 0.2) is 24.3 Å². The van der Waals surface area contributed by atoms with Crippen molar-refractivity contribution in [1.29, 1.82) is 0 Å². The molecule has 2 heterocycles. The number of nitrogens with zero attached hydrogens (tertiary/aromatic N) is 3. The van der Waals surface area contributed by atoms with Crippen LogP contribution in [0.4, 0.5) is 0 Å². The fourth-order valence-electron chi connectivity index (χ4n) is 4.82. The van der Waals surface area contributed by atoms with Crippen molar-refractivity contribution in [3.8, 4) is 17.0 Å². The number of ether oxygens (including phenoxy) is 1. The molecule has 0 amide bonds. The molecule has 2 bridgehead atoms. The third-order valence-corrected chi connectivity index (χ3v) is 6.11. The molecule has 2 aromatic rings. The standard InChI is InChI=1S/C21H27N3O2/c1-12-5-6-15(19(7-12)26-4)20-13(2)8-17(22-23-20)21(25)16-9-14-10-18(16)24(3)11-14/h5-8,14,16,18,21,25H,9-11H2,1-4H3. The second-order valence-corrected chi connectivity index (χ2v) is 7.96. The summed E-state index contributed by atoms with van der Waals surface area (Å²) in [6, 6.07) is 8.52. The Kier molecular flexibility index (Phi) is 4.45. The largest absolute Gasteiger partial charge is 0.496 e. The van der Waals surface area contributed by atoms with Crippen LogP contribution in [0.3, 0.4) is 0 Å². The summed E-state index contributed by atoms with van der Waals surface area (Å²) in [5.41, 5.74) is 4.58. The van der Waals surface area contributed by atoms with E-state index in [9.17, 15) is 5.11 Å². The summed E-state index contributed by atoms with van der Waals surface area (Å²) in [6.07, 6.45) is 1.74. The molecule has 26 heavy (non-hydrogen) atoms. The molecule has 1 saturated heterocycles. The van der Waals surface area contributed by atoms with E-state index in [0.29, 0.717) is 11.7 Å². The van der Waals surface area contributed by atoms with Crippen LogP contribution in [-0.4, -0.2) is 46.9 Å². The van der Waals surface area contributed by atoms with Crippen molar-refractivity contribution in [2.75, 3.05) is 20.7 Å². The number of methoxy groups -OCH3 is 1. The summed E-state index contributed by atoms with van der Waals surface area (Å²) < 4.78 is 5.52. The molecule has 1 N–H and O–H groups in total. The average molecular weight is 353 g/mol. The van der Waals surface area contributed by atoms with Gasteiger partial charge in [0, 0.05) is 24.1 Å². The molecule has 1 aromatic carbocycles. The van der Waals surface area contributed by atoms with Gasteiger partial charge in [0.25, 0.3) is 0 Å². The number of piperidine rings is 1. The van der Waals surface area contributed by atoms with E-state index in [2.05, 4.69) is 22.1 Å². The zero-order chi connectivity index (χ0) is 18.4. The Morgan fingerprint density at radius 1 is 1.19 bits per heavy atom. The lowest BCUT2D eigenvalue weighted by molar-refractivity contribution is 0.0463. The van der Waals surface area contributed by atoms with E-state index in [1.807, 2.05) is 38.1 Å². The fraction of sp³-hybridized carbons (Fsp3) is 0.524. The van der Waals surface area contributed by atoms with Gasteiger partial charge in [0.2, 0.25) is 0 Å². The highest BCUT2D eigenvalue weighted by molar-refractivity contribution is 5.70. The SMILES string of the molecule is COc1cc(C)ccc1-c1nnc(C(O)C2CC3CC2N(C)C3)cc1C. The van der Waals surface area contributed by atoms with Gasteiger partial charge in [-0.2, -0.15) is 5.10 Å². The minimum absolute atomic E-state index is 0.257. The lowest BCUT2D eigenvalue weighted by Gasteiger charge is -2.32. The Morgan fingerprint density at radius 3 is 2.65 bits per heavy atom. The van der Waals surface area contributed by atoms with Gasteiger partial charge < -0.3 is 14.7 Å². The van der Waals surface area contributed by atoms with Gasteiger partial charge in [0.15, 0.2) is 0 Å². The van der Waals surface area contributed by atoms with Crippen molar-refractivity contribution in [3.05, 3.63) is 41.1 Å². The summed E-state index contributed by atoms with van der Waals surface area (Å²) in [6.45, 7) is 5.22. The van der Waals surface area contributed by atoms with E-state index in [0.717, 1.165) is 47.0 Å². The first kappa shape index (κ1) is 17.4. The first-order valence-electron chi connectivity index (χ1n) is 9.35. The van der Waals surface area contributed by atoms with Crippen molar-refractivity contribution < 1.29 is 9.84 Å². The molecule has 1 aromatic heterocycles. The molecule has 138 valence electrons. The predicted molar refractivity (Wildman–Crippen MR) is 101 cm³/mol. The van der Waals surface area contributed by atoms with Gasteiger partial charge in [-0.05, 0) is 69.0 Å². The molecular formula is C21H27N3O2. The molecular weight excluding hydrogens is 326 g/mol. The maximum absolute atomic E-state index is 10.9. The van der Waals surface area contributed by atoms with Crippen LogP contribution >= 0.6 is 0 Å². The minimum Gasteiger partial charge on any atom is -0.496 e. The Bertz CT molecular complexity index is 823. The molecule has 2 aliphatic rings. The van der Waals surface area contributed by atoms with Gasteiger partial charge >= 0.3 is 0 Å². The first-order chi connectivity index (χ1) is 12.5. The number of fused-ring (bicyclic) bond motifs is 2. The molecule has 4 atom stereocenters. The van der Waals surface area contributed by atoms with Crippen molar-refractivity contribution in [3.63, 3.8) is 0 Å². The van der Waals surface area contributed by atoms with Crippen molar-refractivity contribution in [2.45, 2.75) is 38.8 Å². The molecule has 2 fully saturated rings. The van der Waals surface area contributed by atoms with E-state index in [-0.39, 0.29) is 5.92 Å². The number of aromatic nitrogens is 2. The summed E-state index contributed by atoms with van der Waals surface area (Å²) in [7, 11) is 3.83. The fourth-order valence-corrected chi connectivity index (χ4v) is 4.82. The normalized spacial score (nSPS) is 26.3. The lowest BCUT2D eigenvalue weighted by Crippen LogP contribution is -2.38. The van der Waals surface area contributed by atoms with E-state index < -0.39 is 6.10 Å².